The smallest absolute Gasteiger partial charge is 0.423 e. The molecule has 0 fully saturated rings. The van der Waals surface area contributed by atoms with Crippen LogP contribution in [0.4, 0.5) is 0 Å². The normalized spacial score (nSPS) is 12.2. The molecule has 0 amide bonds. The SMILES string of the molecule is CC(C)(C)C(=O)c1ccc(B(O)O)c(C(=O)C(C)(C)C)n1. The van der Waals surface area contributed by atoms with Gasteiger partial charge in [-0.15, -0.1) is 0 Å². The molecule has 0 unspecified atom stereocenters. The molecule has 1 rings (SSSR count). The Morgan fingerprint density at radius 2 is 1.43 bits per heavy atom. The number of hydrogen-bond acceptors (Lipinski definition) is 5. The maximum absolute atomic E-state index is 12.4. The van der Waals surface area contributed by atoms with Gasteiger partial charge in [-0.05, 0) is 6.07 Å². The molecule has 1 heterocycles. The lowest BCUT2D eigenvalue weighted by Crippen LogP contribution is -2.39. The van der Waals surface area contributed by atoms with Gasteiger partial charge in [-0.2, -0.15) is 0 Å². The molecular formula is C15H22BNO4. The highest BCUT2D eigenvalue weighted by Gasteiger charge is 2.32. The second kappa shape index (κ2) is 5.69. The van der Waals surface area contributed by atoms with E-state index < -0.39 is 17.9 Å². The fourth-order valence-corrected chi connectivity index (χ4v) is 1.73. The third-order valence-corrected chi connectivity index (χ3v) is 3.01. The van der Waals surface area contributed by atoms with Gasteiger partial charge in [-0.1, -0.05) is 47.6 Å². The summed E-state index contributed by atoms with van der Waals surface area (Å²) in [6.45, 7) is 10.4. The summed E-state index contributed by atoms with van der Waals surface area (Å²) in [6, 6.07) is 2.79. The lowest BCUT2D eigenvalue weighted by molar-refractivity contribution is 0.0845. The number of Topliss-reactive ketones (excluding diaryl/α,β-unsaturated/α-hetero) is 2. The van der Waals surface area contributed by atoms with Gasteiger partial charge in [0, 0.05) is 16.3 Å². The second-order valence-corrected chi connectivity index (χ2v) is 7.17. The maximum Gasteiger partial charge on any atom is 0.490 e. The summed E-state index contributed by atoms with van der Waals surface area (Å²) in [5.41, 5.74) is -1.26. The topological polar surface area (TPSA) is 87.5 Å². The number of carbonyl (C=O) groups excluding carboxylic acids is 2. The van der Waals surface area contributed by atoms with Gasteiger partial charge < -0.3 is 10.0 Å². The number of carbonyl (C=O) groups is 2. The molecular weight excluding hydrogens is 269 g/mol. The Balaban J connectivity index is 3.45. The molecule has 0 atom stereocenters. The first-order chi connectivity index (χ1) is 9.35. The van der Waals surface area contributed by atoms with E-state index in [1.165, 1.54) is 12.1 Å². The van der Waals surface area contributed by atoms with Gasteiger partial charge >= 0.3 is 7.12 Å². The first kappa shape index (κ1) is 17.5. The van der Waals surface area contributed by atoms with Crippen LogP contribution in [-0.2, 0) is 0 Å². The Labute approximate surface area is 125 Å². The highest BCUT2D eigenvalue weighted by atomic mass is 16.4. The summed E-state index contributed by atoms with van der Waals surface area (Å²) in [5.74, 6) is -0.543. The van der Waals surface area contributed by atoms with E-state index in [0.717, 1.165) is 0 Å². The minimum absolute atomic E-state index is 0.0142. The van der Waals surface area contributed by atoms with E-state index in [2.05, 4.69) is 4.98 Å². The number of hydrogen-bond donors (Lipinski definition) is 2. The van der Waals surface area contributed by atoms with Crippen LogP contribution in [0, 0.1) is 10.8 Å². The van der Waals surface area contributed by atoms with Crippen molar-refractivity contribution in [1.29, 1.82) is 0 Å². The average molecular weight is 291 g/mol. The predicted octanol–water partition coefficient (Wildman–Crippen LogP) is 1.22. The molecule has 6 heteroatoms. The van der Waals surface area contributed by atoms with E-state index >= 15 is 0 Å². The van der Waals surface area contributed by atoms with Crippen molar-refractivity contribution in [2.45, 2.75) is 41.5 Å². The zero-order chi connectivity index (χ0) is 16.6. The van der Waals surface area contributed by atoms with Crippen LogP contribution >= 0.6 is 0 Å². The lowest BCUT2D eigenvalue weighted by Gasteiger charge is -2.20. The van der Waals surface area contributed by atoms with Crippen LogP contribution < -0.4 is 5.46 Å². The maximum atomic E-state index is 12.4. The van der Waals surface area contributed by atoms with Crippen molar-refractivity contribution in [1.82, 2.24) is 4.98 Å². The minimum Gasteiger partial charge on any atom is -0.423 e. The van der Waals surface area contributed by atoms with Crippen LogP contribution in [0.15, 0.2) is 12.1 Å². The molecule has 0 aliphatic rings. The minimum atomic E-state index is -1.81. The molecule has 2 N–H and O–H groups in total. The zero-order valence-electron chi connectivity index (χ0n) is 13.4. The highest BCUT2D eigenvalue weighted by molar-refractivity contribution is 6.60. The second-order valence-electron chi connectivity index (χ2n) is 7.17. The summed E-state index contributed by atoms with van der Waals surface area (Å²) >= 11 is 0. The molecule has 0 bridgehead atoms. The third-order valence-electron chi connectivity index (χ3n) is 3.01. The molecule has 114 valence electrons. The number of pyridine rings is 1. The molecule has 21 heavy (non-hydrogen) atoms. The zero-order valence-corrected chi connectivity index (χ0v) is 13.4. The monoisotopic (exact) mass is 291 g/mol. The van der Waals surface area contributed by atoms with Crippen molar-refractivity contribution in [3.8, 4) is 0 Å². The number of nitrogens with zero attached hydrogens (tertiary/aromatic N) is 1. The van der Waals surface area contributed by atoms with Crippen molar-refractivity contribution >= 4 is 24.1 Å². The van der Waals surface area contributed by atoms with E-state index in [-0.39, 0.29) is 28.4 Å². The molecule has 1 aromatic heterocycles. The fraction of sp³-hybridized carbons (Fsp3) is 0.533. The Morgan fingerprint density at radius 1 is 0.952 bits per heavy atom. The molecule has 0 saturated carbocycles. The predicted molar refractivity (Wildman–Crippen MR) is 81.6 cm³/mol. The van der Waals surface area contributed by atoms with Gasteiger partial charge in [0.25, 0.3) is 0 Å². The van der Waals surface area contributed by atoms with Crippen molar-refractivity contribution in [2.24, 2.45) is 10.8 Å². The van der Waals surface area contributed by atoms with E-state index in [9.17, 15) is 19.6 Å². The third kappa shape index (κ3) is 3.98. The Morgan fingerprint density at radius 3 is 1.81 bits per heavy atom. The van der Waals surface area contributed by atoms with Crippen molar-refractivity contribution < 1.29 is 19.6 Å². The van der Waals surface area contributed by atoms with E-state index in [1.807, 2.05) is 0 Å². The van der Waals surface area contributed by atoms with Crippen molar-refractivity contribution in [3.05, 3.63) is 23.5 Å². The van der Waals surface area contributed by atoms with Crippen LogP contribution in [0.25, 0.3) is 0 Å². The first-order valence-corrected chi connectivity index (χ1v) is 6.82. The molecule has 0 aliphatic carbocycles. The van der Waals surface area contributed by atoms with Gasteiger partial charge in [0.1, 0.15) is 11.4 Å². The average Bonchev–Trinajstić information content (AvgIpc) is 2.33. The van der Waals surface area contributed by atoms with Gasteiger partial charge in [0.05, 0.1) is 0 Å². The number of aromatic nitrogens is 1. The molecule has 5 nitrogen and oxygen atoms in total. The molecule has 1 aromatic rings. The Bertz CT molecular complexity index is 568. The van der Waals surface area contributed by atoms with Gasteiger partial charge in [-0.25, -0.2) is 4.98 Å². The summed E-state index contributed by atoms with van der Waals surface area (Å²) < 4.78 is 0. The van der Waals surface area contributed by atoms with Gasteiger partial charge in [-0.3, -0.25) is 9.59 Å². The Kier molecular flexibility index (Phi) is 4.75. The molecule has 0 spiro atoms. The van der Waals surface area contributed by atoms with E-state index in [4.69, 9.17) is 0 Å². The van der Waals surface area contributed by atoms with E-state index in [0.29, 0.717) is 0 Å². The van der Waals surface area contributed by atoms with Crippen molar-refractivity contribution in [3.63, 3.8) is 0 Å². The first-order valence-electron chi connectivity index (χ1n) is 6.82. The Hall–Kier alpha value is -1.53. The molecule has 0 aliphatic heterocycles. The number of ketones is 2. The summed E-state index contributed by atoms with van der Waals surface area (Å²) in [4.78, 5) is 28.8. The van der Waals surface area contributed by atoms with Gasteiger partial charge in [0.2, 0.25) is 0 Å². The van der Waals surface area contributed by atoms with Crippen molar-refractivity contribution in [2.75, 3.05) is 0 Å². The van der Waals surface area contributed by atoms with Crippen LogP contribution in [-0.4, -0.2) is 33.7 Å². The lowest BCUT2D eigenvalue weighted by atomic mass is 9.74. The van der Waals surface area contributed by atoms with Gasteiger partial charge in [0.15, 0.2) is 11.6 Å². The quantitative estimate of drug-likeness (QED) is 0.646. The van der Waals surface area contributed by atoms with Crippen LogP contribution in [0.1, 0.15) is 62.5 Å². The molecule has 0 radical (unpaired) electrons. The van der Waals surface area contributed by atoms with Crippen LogP contribution in [0.2, 0.25) is 0 Å². The standard InChI is InChI=1S/C15H22BNO4/c1-14(2,3)12(18)10-8-7-9(16(20)21)11(17-10)13(19)15(4,5)6/h7-8,20-21H,1-6H3. The fourth-order valence-electron chi connectivity index (χ4n) is 1.73. The van der Waals surface area contributed by atoms with Crippen LogP contribution in [0.3, 0.4) is 0 Å². The van der Waals surface area contributed by atoms with Crippen LogP contribution in [0.5, 0.6) is 0 Å². The largest absolute Gasteiger partial charge is 0.490 e. The summed E-state index contributed by atoms with van der Waals surface area (Å²) in [7, 11) is -1.81. The highest BCUT2D eigenvalue weighted by Crippen LogP contribution is 2.22. The van der Waals surface area contributed by atoms with E-state index in [1.54, 1.807) is 41.5 Å². The summed E-state index contributed by atoms with van der Waals surface area (Å²) in [6.07, 6.45) is 0. The molecule has 0 saturated heterocycles. The number of rotatable bonds is 3. The molecule has 0 aromatic carbocycles. The summed E-state index contributed by atoms with van der Waals surface area (Å²) in [5, 5.41) is 18.8.